The first-order valence-electron chi connectivity index (χ1n) is 8.24. The Morgan fingerprint density at radius 3 is 2.60 bits per heavy atom. The summed E-state index contributed by atoms with van der Waals surface area (Å²) in [7, 11) is 1.54. The minimum Gasteiger partial charge on any atom is -0.495 e. The lowest BCUT2D eigenvalue weighted by Gasteiger charge is -2.27. The van der Waals surface area contributed by atoms with Crippen molar-refractivity contribution in [2.24, 2.45) is 5.73 Å². The number of nitrogens with zero attached hydrogens (tertiary/aromatic N) is 1. The van der Waals surface area contributed by atoms with E-state index in [1.807, 2.05) is 13.8 Å². The number of hydrogen-bond acceptors (Lipinski definition) is 4. The van der Waals surface area contributed by atoms with Crippen LogP contribution in [0.3, 0.4) is 0 Å². The van der Waals surface area contributed by atoms with Crippen LogP contribution in [-0.2, 0) is 0 Å². The summed E-state index contributed by atoms with van der Waals surface area (Å²) >= 11 is 0. The molecule has 0 aliphatic carbocycles. The highest BCUT2D eigenvalue weighted by Crippen LogP contribution is 2.30. The van der Waals surface area contributed by atoms with Crippen molar-refractivity contribution in [3.05, 3.63) is 23.8 Å². The van der Waals surface area contributed by atoms with Gasteiger partial charge in [-0.1, -0.05) is 13.8 Å². The Hall–Kier alpha value is -1.99. The molecule has 7 nitrogen and oxygen atoms in total. The van der Waals surface area contributed by atoms with Gasteiger partial charge in [0.25, 0.3) is 5.91 Å². The van der Waals surface area contributed by atoms with Crippen LogP contribution in [0.4, 0.5) is 10.5 Å². The first kappa shape index (κ1) is 21.1. The molecule has 0 radical (unpaired) electrons. The van der Waals surface area contributed by atoms with Crippen LogP contribution in [0.25, 0.3) is 0 Å². The fourth-order valence-electron chi connectivity index (χ4n) is 2.60. The maximum absolute atomic E-state index is 12.4. The number of carbonyl (C=O) groups excluding carboxylic acids is 2. The average molecular weight is 371 g/mol. The van der Waals surface area contributed by atoms with Crippen LogP contribution in [0.15, 0.2) is 18.2 Å². The summed E-state index contributed by atoms with van der Waals surface area (Å²) in [6.07, 6.45) is 1.57. The van der Waals surface area contributed by atoms with Crippen molar-refractivity contribution < 1.29 is 14.3 Å². The van der Waals surface area contributed by atoms with Crippen molar-refractivity contribution >= 4 is 30.0 Å². The molecule has 140 valence electrons. The molecule has 0 spiro atoms. The van der Waals surface area contributed by atoms with Crippen molar-refractivity contribution in [1.29, 1.82) is 0 Å². The van der Waals surface area contributed by atoms with Crippen molar-refractivity contribution in [3.8, 4) is 5.75 Å². The summed E-state index contributed by atoms with van der Waals surface area (Å²) in [5.74, 6) is 0.342. The molecule has 25 heavy (non-hydrogen) atoms. The van der Waals surface area contributed by atoms with Crippen LogP contribution in [0.5, 0.6) is 5.75 Å². The molecule has 1 aromatic carbocycles. The number of benzene rings is 1. The number of methoxy groups -OCH3 is 1. The van der Waals surface area contributed by atoms with Crippen LogP contribution < -0.4 is 26.0 Å². The van der Waals surface area contributed by atoms with Gasteiger partial charge in [-0.25, -0.2) is 4.79 Å². The zero-order valence-electron chi connectivity index (χ0n) is 14.9. The van der Waals surface area contributed by atoms with E-state index in [-0.39, 0.29) is 24.3 Å². The normalized spacial score (nSPS) is 13.9. The molecule has 2 rings (SSSR count). The van der Waals surface area contributed by atoms with E-state index in [9.17, 15) is 9.59 Å². The average Bonchev–Trinajstić information content (AvgIpc) is 3.04. The van der Waals surface area contributed by atoms with E-state index in [1.54, 1.807) is 23.1 Å². The number of carbonyl (C=O) groups is 2. The van der Waals surface area contributed by atoms with Crippen molar-refractivity contribution in [3.63, 3.8) is 0 Å². The monoisotopic (exact) mass is 370 g/mol. The van der Waals surface area contributed by atoms with E-state index in [4.69, 9.17) is 10.5 Å². The summed E-state index contributed by atoms with van der Waals surface area (Å²) in [4.78, 5) is 25.9. The van der Waals surface area contributed by atoms with E-state index in [0.29, 0.717) is 36.6 Å². The lowest BCUT2D eigenvalue weighted by Crippen LogP contribution is -2.49. The largest absolute Gasteiger partial charge is 0.495 e. The van der Waals surface area contributed by atoms with E-state index < -0.39 is 5.54 Å². The number of rotatable bonds is 7. The van der Waals surface area contributed by atoms with Crippen LogP contribution in [0.1, 0.15) is 37.0 Å². The van der Waals surface area contributed by atoms with E-state index in [1.165, 1.54) is 7.11 Å². The van der Waals surface area contributed by atoms with Gasteiger partial charge in [0.15, 0.2) is 0 Å². The molecule has 1 aliphatic heterocycles. The minimum absolute atomic E-state index is 0. The first-order chi connectivity index (χ1) is 11.4. The summed E-state index contributed by atoms with van der Waals surface area (Å²) in [6, 6.07) is 4.87. The molecule has 1 fully saturated rings. The first-order valence-corrected chi connectivity index (χ1v) is 8.24. The van der Waals surface area contributed by atoms with Gasteiger partial charge in [-0.05, 0) is 31.0 Å². The fourth-order valence-corrected chi connectivity index (χ4v) is 2.60. The zero-order chi connectivity index (χ0) is 17.7. The zero-order valence-corrected chi connectivity index (χ0v) is 15.7. The molecule has 0 aromatic heterocycles. The smallest absolute Gasteiger partial charge is 0.322 e. The molecule has 1 aliphatic rings. The third-order valence-electron chi connectivity index (χ3n) is 4.60. The molecule has 4 N–H and O–H groups in total. The van der Waals surface area contributed by atoms with Gasteiger partial charge in [0.1, 0.15) is 5.75 Å². The molecule has 3 amide bonds. The second kappa shape index (κ2) is 8.92. The summed E-state index contributed by atoms with van der Waals surface area (Å²) in [5.41, 5.74) is 6.88. The molecule has 1 heterocycles. The summed E-state index contributed by atoms with van der Waals surface area (Å²) in [5, 5.41) is 5.63. The maximum Gasteiger partial charge on any atom is 0.322 e. The number of halogens is 1. The topological polar surface area (TPSA) is 96.7 Å². The van der Waals surface area contributed by atoms with Crippen molar-refractivity contribution in [2.45, 2.75) is 32.2 Å². The number of ether oxygens (including phenoxy) is 1. The Labute approximate surface area is 154 Å². The van der Waals surface area contributed by atoms with Gasteiger partial charge in [-0.15, -0.1) is 12.4 Å². The Balaban J connectivity index is 0.00000312. The summed E-state index contributed by atoms with van der Waals surface area (Å²) < 4.78 is 5.32. The fraction of sp³-hybridized carbons (Fsp3) is 0.529. The van der Waals surface area contributed by atoms with Crippen LogP contribution in [0, 0.1) is 0 Å². The quantitative estimate of drug-likeness (QED) is 0.682. The van der Waals surface area contributed by atoms with Gasteiger partial charge < -0.3 is 21.1 Å². The van der Waals surface area contributed by atoms with E-state index >= 15 is 0 Å². The molecular weight excluding hydrogens is 344 g/mol. The minimum atomic E-state index is -0.403. The number of nitrogens with one attached hydrogen (secondary N) is 2. The van der Waals surface area contributed by atoms with E-state index in [2.05, 4.69) is 10.6 Å². The van der Waals surface area contributed by atoms with Gasteiger partial charge in [0.05, 0.1) is 12.8 Å². The Morgan fingerprint density at radius 1 is 1.40 bits per heavy atom. The van der Waals surface area contributed by atoms with Crippen LogP contribution in [0.2, 0.25) is 0 Å². The molecule has 1 saturated heterocycles. The predicted molar refractivity (Wildman–Crippen MR) is 101 cm³/mol. The molecule has 1 aromatic rings. The molecule has 0 unspecified atom stereocenters. The summed E-state index contributed by atoms with van der Waals surface area (Å²) in [6.45, 7) is 5.53. The van der Waals surface area contributed by atoms with Gasteiger partial charge in [0.2, 0.25) is 0 Å². The van der Waals surface area contributed by atoms with Gasteiger partial charge in [0, 0.05) is 30.7 Å². The highest BCUT2D eigenvalue weighted by atomic mass is 35.5. The highest BCUT2D eigenvalue weighted by Gasteiger charge is 2.26. The lowest BCUT2D eigenvalue weighted by atomic mass is 9.94. The molecule has 0 saturated carbocycles. The highest BCUT2D eigenvalue weighted by molar-refractivity contribution is 5.99. The Bertz CT molecular complexity index is 620. The number of urea groups is 1. The van der Waals surface area contributed by atoms with Gasteiger partial charge in [-0.2, -0.15) is 0 Å². The van der Waals surface area contributed by atoms with Gasteiger partial charge in [-0.3, -0.25) is 9.69 Å². The Morgan fingerprint density at radius 2 is 2.08 bits per heavy atom. The molecular formula is C17H27ClN4O3. The number of anilines is 1. The van der Waals surface area contributed by atoms with Crippen molar-refractivity contribution in [2.75, 3.05) is 31.6 Å². The second-order valence-electron chi connectivity index (χ2n) is 6.02. The standard InChI is InChI=1S/C17H26N4O3.ClH/c1-4-17(18,5-2)11-20-15(22)12-6-7-14(24-3)13(10-12)21-9-8-19-16(21)23;/h6-7,10H,4-5,8-9,11,18H2,1-3H3,(H,19,23)(H,20,22);1H. The third kappa shape index (κ3) is 4.76. The maximum atomic E-state index is 12.4. The number of hydrogen-bond donors (Lipinski definition) is 3. The van der Waals surface area contributed by atoms with Crippen LogP contribution >= 0.6 is 12.4 Å². The third-order valence-corrected chi connectivity index (χ3v) is 4.60. The van der Waals surface area contributed by atoms with Crippen LogP contribution in [-0.4, -0.2) is 44.2 Å². The Kier molecular flexibility index (Phi) is 7.51. The SMILES string of the molecule is CCC(N)(CC)CNC(=O)c1ccc(OC)c(N2CCNC2=O)c1.Cl. The van der Waals surface area contributed by atoms with Crippen molar-refractivity contribution in [1.82, 2.24) is 10.6 Å². The molecule has 8 heteroatoms. The lowest BCUT2D eigenvalue weighted by molar-refractivity contribution is 0.0942. The predicted octanol–water partition coefficient (Wildman–Crippen LogP) is 1.89. The number of amides is 3. The van der Waals surface area contributed by atoms with E-state index in [0.717, 1.165) is 12.8 Å². The second-order valence-corrected chi connectivity index (χ2v) is 6.02. The number of nitrogens with two attached hydrogens (primary N) is 1. The molecule has 0 bridgehead atoms. The van der Waals surface area contributed by atoms with Gasteiger partial charge >= 0.3 is 6.03 Å². The molecule has 0 atom stereocenters.